The summed E-state index contributed by atoms with van der Waals surface area (Å²) < 4.78 is 15.1. The van der Waals surface area contributed by atoms with Gasteiger partial charge in [0.05, 0.1) is 0 Å². The molecular weight excluding hydrogens is 483 g/mol. The molecule has 0 aliphatic carbocycles. The highest BCUT2D eigenvalue weighted by Crippen LogP contribution is 2.49. The van der Waals surface area contributed by atoms with Gasteiger partial charge in [-0.15, -0.1) is 0 Å². The van der Waals surface area contributed by atoms with E-state index < -0.39 is 7.29 Å². The van der Waals surface area contributed by atoms with Crippen molar-refractivity contribution in [2.24, 2.45) is 0 Å². The Morgan fingerprint density at radius 3 is 1.50 bits per heavy atom. The maximum Gasteiger partial charge on any atom is 0.227 e. The predicted octanol–water partition coefficient (Wildman–Crippen LogP) is 8.43. The van der Waals surface area contributed by atoms with E-state index in [0.29, 0.717) is 0 Å². The van der Waals surface area contributed by atoms with Crippen LogP contribution in [0.2, 0.25) is 0 Å². The van der Waals surface area contributed by atoms with Gasteiger partial charge in [0.25, 0.3) is 0 Å². The zero-order valence-corrected chi connectivity index (χ0v) is 22.2. The van der Waals surface area contributed by atoms with Crippen molar-refractivity contribution in [3.63, 3.8) is 0 Å². The highest BCUT2D eigenvalue weighted by Gasteiger charge is 2.29. The van der Waals surface area contributed by atoms with Gasteiger partial charge >= 0.3 is 0 Å². The Balaban J connectivity index is 1.67. The molecule has 0 saturated heterocycles. The summed E-state index contributed by atoms with van der Waals surface area (Å²) in [5.74, 6) is 0. The van der Waals surface area contributed by atoms with Crippen molar-refractivity contribution in [1.82, 2.24) is 0 Å². The standard InChI is InChI=1S/C34H29N2OP/c1-2-35-31-23-21-25-13-9-11-19-29(25)33(31)34-30-20-12-10-14-26(30)22-24-32(34)36-38(37,27-15-5-3-6-16-27)28-17-7-4-8-18-28/h3-24,35H,2H2,1H3,(H,36,37). The van der Waals surface area contributed by atoms with Gasteiger partial charge in [-0.25, -0.2) is 0 Å². The van der Waals surface area contributed by atoms with Crippen molar-refractivity contribution >= 4 is 50.8 Å². The van der Waals surface area contributed by atoms with Crippen LogP contribution in [0.25, 0.3) is 32.7 Å². The second-order valence-corrected chi connectivity index (χ2v) is 11.8. The molecule has 38 heavy (non-hydrogen) atoms. The minimum atomic E-state index is -3.23. The van der Waals surface area contributed by atoms with Gasteiger partial charge in [0.1, 0.15) is 0 Å². The molecule has 0 aliphatic rings. The van der Waals surface area contributed by atoms with Gasteiger partial charge in [-0.2, -0.15) is 0 Å². The van der Waals surface area contributed by atoms with Crippen molar-refractivity contribution in [3.05, 3.63) is 133 Å². The average Bonchev–Trinajstić information content (AvgIpc) is 2.98. The van der Waals surface area contributed by atoms with Crippen molar-refractivity contribution in [1.29, 1.82) is 0 Å². The first-order valence-electron chi connectivity index (χ1n) is 13.0. The lowest BCUT2D eigenvalue weighted by atomic mass is 9.91. The highest BCUT2D eigenvalue weighted by atomic mass is 31.2. The molecule has 0 unspecified atom stereocenters. The van der Waals surface area contributed by atoms with E-state index in [1.165, 1.54) is 0 Å². The lowest BCUT2D eigenvalue weighted by Crippen LogP contribution is -2.22. The largest absolute Gasteiger partial charge is 0.385 e. The van der Waals surface area contributed by atoms with E-state index in [1.807, 2.05) is 60.7 Å². The van der Waals surface area contributed by atoms with Crippen LogP contribution in [0.1, 0.15) is 6.92 Å². The van der Waals surface area contributed by atoms with E-state index in [-0.39, 0.29) is 0 Å². The third kappa shape index (κ3) is 4.26. The minimum Gasteiger partial charge on any atom is -0.385 e. The third-order valence-electron chi connectivity index (χ3n) is 6.99. The monoisotopic (exact) mass is 512 g/mol. The fourth-order valence-electron chi connectivity index (χ4n) is 5.24. The van der Waals surface area contributed by atoms with Gasteiger partial charge in [0.15, 0.2) is 0 Å². The minimum absolute atomic E-state index is 0.773. The molecule has 6 aromatic carbocycles. The average molecular weight is 513 g/mol. The molecule has 0 atom stereocenters. The fraction of sp³-hybridized carbons (Fsp3) is 0.0588. The van der Waals surface area contributed by atoms with Crippen LogP contribution in [-0.4, -0.2) is 6.54 Å². The summed E-state index contributed by atoms with van der Waals surface area (Å²) in [5.41, 5.74) is 4.05. The van der Waals surface area contributed by atoms with Crippen molar-refractivity contribution in [2.75, 3.05) is 16.9 Å². The Morgan fingerprint density at radius 1 is 0.526 bits per heavy atom. The van der Waals surface area contributed by atoms with E-state index in [4.69, 9.17) is 0 Å². The molecule has 0 heterocycles. The van der Waals surface area contributed by atoms with Crippen LogP contribution in [0.3, 0.4) is 0 Å². The Kier molecular flexibility index (Phi) is 6.45. The van der Waals surface area contributed by atoms with Gasteiger partial charge in [-0.05, 0) is 64.9 Å². The van der Waals surface area contributed by atoms with Crippen LogP contribution < -0.4 is 21.0 Å². The molecular formula is C34H29N2OP. The van der Waals surface area contributed by atoms with Crippen LogP contribution in [0.15, 0.2) is 133 Å². The van der Waals surface area contributed by atoms with Crippen molar-refractivity contribution in [3.8, 4) is 11.1 Å². The SMILES string of the molecule is CCNc1ccc2ccccc2c1-c1c(NP(=O)(c2ccccc2)c2ccccc2)ccc2ccccc12. The molecule has 6 rings (SSSR count). The molecule has 3 nitrogen and oxygen atoms in total. The molecule has 0 spiro atoms. The highest BCUT2D eigenvalue weighted by molar-refractivity contribution is 7.80. The van der Waals surface area contributed by atoms with E-state index in [0.717, 1.165) is 61.2 Å². The maximum atomic E-state index is 15.1. The van der Waals surface area contributed by atoms with E-state index in [1.54, 1.807) is 0 Å². The Labute approximate surface area is 223 Å². The smallest absolute Gasteiger partial charge is 0.227 e. The van der Waals surface area contributed by atoms with E-state index in [2.05, 4.69) is 90.1 Å². The van der Waals surface area contributed by atoms with Crippen LogP contribution in [0, 0.1) is 0 Å². The first kappa shape index (κ1) is 24.0. The second-order valence-electron chi connectivity index (χ2n) is 9.34. The van der Waals surface area contributed by atoms with E-state index >= 15 is 4.57 Å². The number of benzene rings is 6. The number of hydrogen-bond donors (Lipinski definition) is 2. The van der Waals surface area contributed by atoms with Crippen LogP contribution in [0.5, 0.6) is 0 Å². The molecule has 186 valence electrons. The maximum absolute atomic E-state index is 15.1. The molecule has 0 aromatic heterocycles. The fourth-order valence-corrected chi connectivity index (χ4v) is 7.50. The summed E-state index contributed by atoms with van der Waals surface area (Å²) in [6.07, 6.45) is 0. The molecule has 2 N–H and O–H groups in total. The summed E-state index contributed by atoms with van der Waals surface area (Å²) in [6.45, 7) is 2.91. The zero-order valence-electron chi connectivity index (χ0n) is 21.3. The Morgan fingerprint density at radius 2 is 0.974 bits per heavy atom. The van der Waals surface area contributed by atoms with Gasteiger partial charge in [0, 0.05) is 39.7 Å². The van der Waals surface area contributed by atoms with Crippen LogP contribution in [-0.2, 0) is 4.57 Å². The number of fused-ring (bicyclic) bond motifs is 2. The summed E-state index contributed by atoms with van der Waals surface area (Å²) in [4.78, 5) is 0. The predicted molar refractivity (Wildman–Crippen MR) is 164 cm³/mol. The molecule has 0 radical (unpaired) electrons. The Bertz CT molecular complexity index is 1740. The molecule has 0 amide bonds. The summed E-state index contributed by atoms with van der Waals surface area (Å²) in [7, 11) is -3.23. The van der Waals surface area contributed by atoms with Gasteiger partial charge in [-0.3, -0.25) is 4.57 Å². The van der Waals surface area contributed by atoms with Crippen molar-refractivity contribution in [2.45, 2.75) is 6.92 Å². The molecule has 6 aromatic rings. The van der Waals surface area contributed by atoms with Gasteiger partial charge in [0.2, 0.25) is 7.29 Å². The topological polar surface area (TPSA) is 41.1 Å². The first-order valence-corrected chi connectivity index (χ1v) is 14.7. The third-order valence-corrected chi connectivity index (χ3v) is 9.60. The van der Waals surface area contributed by atoms with Gasteiger partial charge in [-0.1, -0.05) is 97.1 Å². The molecule has 0 aliphatic heterocycles. The lowest BCUT2D eigenvalue weighted by Gasteiger charge is -2.25. The quantitative estimate of drug-likeness (QED) is 0.211. The lowest BCUT2D eigenvalue weighted by molar-refractivity contribution is 0.590. The number of rotatable bonds is 7. The number of nitrogens with one attached hydrogen (secondary N) is 2. The summed E-state index contributed by atoms with van der Waals surface area (Å²) in [5, 5.41) is 13.3. The molecule has 4 heteroatoms. The molecule has 0 bridgehead atoms. The van der Waals surface area contributed by atoms with Crippen LogP contribution in [0.4, 0.5) is 11.4 Å². The molecule has 0 saturated carbocycles. The van der Waals surface area contributed by atoms with Crippen molar-refractivity contribution < 1.29 is 4.57 Å². The van der Waals surface area contributed by atoms with E-state index in [9.17, 15) is 0 Å². The normalized spacial score (nSPS) is 11.5. The number of hydrogen-bond acceptors (Lipinski definition) is 2. The number of anilines is 2. The zero-order chi connectivity index (χ0) is 26.0. The van der Waals surface area contributed by atoms with Crippen LogP contribution >= 0.6 is 7.29 Å². The Hall–Kier alpha value is -4.33. The summed E-state index contributed by atoms with van der Waals surface area (Å²) in [6, 6.07) is 44.9. The van der Waals surface area contributed by atoms with Gasteiger partial charge < -0.3 is 10.4 Å². The first-order chi connectivity index (χ1) is 18.7. The molecule has 0 fully saturated rings. The summed E-state index contributed by atoms with van der Waals surface area (Å²) >= 11 is 0. The second kappa shape index (κ2) is 10.2.